The fourth-order valence-corrected chi connectivity index (χ4v) is 3.77. The maximum atomic E-state index is 3.21. The molecule has 124 valence electrons. The Bertz CT molecular complexity index is 661. The van der Waals surface area contributed by atoms with Crippen molar-refractivity contribution in [1.82, 2.24) is 4.98 Å². The van der Waals surface area contributed by atoms with Gasteiger partial charge in [-0.3, -0.25) is 4.98 Å². The highest BCUT2D eigenvalue weighted by Gasteiger charge is 2.30. The quantitative estimate of drug-likeness (QED) is 0.614. The molecule has 0 aliphatic rings. The highest BCUT2D eigenvalue weighted by atomic mass is 15.1. The summed E-state index contributed by atoms with van der Waals surface area (Å²) >= 11 is 0. The number of aromatic amines is 1. The predicted octanol–water partition coefficient (Wildman–Crippen LogP) is 4.60. The standard InChI is InChI=1S/C22H26N2/c1-18(2)22(24-14-13-23-17-24)21(15-19-9-5-3-6-10-19)16-20-11-7-4-8-12-20/h3-14,17-18,21-22H,15-16H2,1-2H3/p+1. The Balaban J connectivity index is 1.90. The van der Waals surface area contributed by atoms with Crippen molar-refractivity contribution < 1.29 is 4.57 Å². The van der Waals surface area contributed by atoms with E-state index in [1.54, 1.807) is 0 Å². The Hall–Kier alpha value is -2.35. The van der Waals surface area contributed by atoms with E-state index in [9.17, 15) is 0 Å². The summed E-state index contributed by atoms with van der Waals surface area (Å²) in [5.41, 5.74) is 2.83. The molecule has 1 heterocycles. The van der Waals surface area contributed by atoms with Crippen molar-refractivity contribution in [2.75, 3.05) is 0 Å². The summed E-state index contributed by atoms with van der Waals surface area (Å²) in [6.07, 6.45) is 8.45. The van der Waals surface area contributed by atoms with E-state index in [-0.39, 0.29) is 0 Å². The van der Waals surface area contributed by atoms with Crippen LogP contribution in [-0.4, -0.2) is 4.98 Å². The first kappa shape index (κ1) is 16.5. The maximum absolute atomic E-state index is 3.21. The van der Waals surface area contributed by atoms with Gasteiger partial charge >= 0.3 is 0 Å². The second-order valence-electron chi connectivity index (χ2n) is 6.93. The summed E-state index contributed by atoms with van der Waals surface area (Å²) in [6.45, 7) is 4.65. The van der Waals surface area contributed by atoms with Crippen LogP contribution in [0.25, 0.3) is 0 Å². The SMILES string of the molecule is CC(C)C(C(Cc1ccccc1)Cc1ccccc1)[n+]1cc[nH]c1. The van der Waals surface area contributed by atoms with Crippen LogP contribution in [0.3, 0.4) is 0 Å². The number of rotatable bonds is 7. The molecule has 0 amide bonds. The molecular weight excluding hydrogens is 292 g/mol. The summed E-state index contributed by atoms with van der Waals surface area (Å²) in [6, 6.07) is 22.2. The van der Waals surface area contributed by atoms with Crippen LogP contribution in [0, 0.1) is 11.8 Å². The lowest BCUT2D eigenvalue weighted by molar-refractivity contribution is -0.735. The molecule has 1 aromatic heterocycles. The molecule has 2 nitrogen and oxygen atoms in total. The summed E-state index contributed by atoms with van der Waals surface area (Å²) in [7, 11) is 0. The third-order valence-electron chi connectivity index (χ3n) is 4.76. The lowest BCUT2D eigenvalue weighted by Crippen LogP contribution is -2.46. The molecule has 0 radical (unpaired) electrons. The van der Waals surface area contributed by atoms with Crippen molar-refractivity contribution in [3.8, 4) is 0 Å². The first-order valence-corrected chi connectivity index (χ1v) is 8.85. The van der Waals surface area contributed by atoms with Crippen LogP contribution in [0.15, 0.2) is 79.4 Å². The van der Waals surface area contributed by atoms with E-state index >= 15 is 0 Å². The molecule has 0 saturated heterocycles. The highest BCUT2D eigenvalue weighted by molar-refractivity contribution is 5.19. The Morgan fingerprint density at radius 2 is 1.38 bits per heavy atom. The van der Waals surface area contributed by atoms with Gasteiger partial charge in [0, 0.05) is 5.92 Å². The normalized spacial score (nSPS) is 12.7. The minimum Gasteiger partial charge on any atom is -0.250 e. The molecule has 1 unspecified atom stereocenters. The van der Waals surface area contributed by atoms with Crippen LogP contribution in [0.4, 0.5) is 0 Å². The molecular formula is C22H27N2+. The third kappa shape index (κ3) is 4.14. The highest BCUT2D eigenvalue weighted by Crippen LogP contribution is 2.28. The first-order valence-electron chi connectivity index (χ1n) is 8.85. The number of benzene rings is 2. The van der Waals surface area contributed by atoms with Crippen LogP contribution < -0.4 is 4.57 Å². The van der Waals surface area contributed by atoms with Gasteiger partial charge in [-0.1, -0.05) is 74.5 Å². The number of hydrogen-bond acceptors (Lipinski definition) is 0. The van der Waals surface area contributed by atoms with Crippen molar-refractivity contribution in [1.29, 1.82) is 0 Å². The van der Waals surface area contributed by atoms with E-state index in [1.807, 2.05) is 6.20 Å². The molecule has 1 N–H and O–H groups in total. The van der Waals surface area contributed by atoms with Gasteiger partial charge in [0.05, 0.1) is 0 Å². The number of hydrogen-bond donors (Lipinski definition) is 1. The van der Waals surface area contributed by atoms with Crippen molar-refractivity contribution in [2.45, 2.75) is 32.7 Å². The molecule has 0 bridgehead atoms. The molecule has 1 atom stereocenters. The van der Waals surface area contributed by atoms with Gasteiger partial charge in [0.1, 0.15) is 18.4 Å². The second-order valence-corrected chi connectivity index (χ2v) is 6.93. The van der Waals surface area contributed by atoms with Gasteiger partial charge in [0.2, 0.25) is 6.33 Å². The minimum atomic E-state index is 0.469. The summed E-state index contributed by atoms with van der Waals surface area (Å²) in [5.74, 6) is 1.12. The number of aromatic nitrogens is 2. The molecule has 24 heavy (non-hydrogen) atoms. The summed E-state index contributed by atoms with van der Waals surface area (Å²) < 4.78 is 2.35. The average molecular weight is 319 g/mol. The summed E-state index contributed by atoms with van der Waals surface area (Å²) in [5, 5.41) is 0. The van der Waals surface area contributed by atoms with Gasteiger partial charge < -0.3 is 0 Å². The van der Waals surface area contributed by atoms with Crippen LogP contribution in [0.1, 0.15) is 31.0 Å². The summed E-state index contributed by atoms with van der Waals surface area (Å²) in [4.78, 5) is 3.21. The monoisotopic (exact) mass is 319 g/mol. The van der Waals surface area contributed by atoms with Crippen LogP contribution in [0.2, 0.25) is 0 Å². The van der Waals surface area contributed by atoms with Gasteiger partial charge in [-0.2, -0.15) is 0 Å². The van der Waals surface area contributed by atoms with Gasteiger partial charge in [-0.25, -0.2) is 4.57 Å². The first-order chi connectivity index (χ1) is 11.7. The largest absolute Gasteiger partial charge is 0.250 e. The zero-order valence-corrected chi connectivity index (χ0v) is 14.6. The minimum absolute atomic E-state index is 0.469. The fraction of sp³-hybridized carbons (Fsp3) is 0.318. The molecule has 0 aliphatic heterocycles. The molecule has 0 spiro atoms. The van der Waals surface area contributed by atoms with Crippen LogP contribution in [-0.2, 0) is 12.8 Å². The lowest BCUT2D eigenvalue weighted by atomic mass is 9.81. The maximum Gasteiger partial charge on any atom is 0.241 e. The Labute approximate surface area is 145 Å². The van der Waals surface area contributed by atoms with Crippen molar-refractivity contribution in [3.05, 3.63) is 90.5 Å². The van der Waals surface area contributed by atoms with Gasteiger partial charge in [-0.05, 0) is 29.9 Å². The van der Waals surface area contributed by atoms with E-state index in [1.165, 1.54) is 11.1 Å². The Morgan fingerprint density at radius 3 is 1.79 bits per heavy atom. The Morgan fingerprint density at radius 1 is 0.833 bits per heavy atom. The second kappa shape index (κ2) is 7.96. The van der Waals surface area contributed by atoms with Gasteiger partial charge in [0.15, 0.2) is 0 Å². The van der Waals surface area contributed by atoms with Gasteiger partial charge in [0.25, 0.3) is 0 Å². The molecule has 3 aromatic rings. The number of H-pyrrole nitrogens is 1. The number of nitrogens with one attached hydrogen (secondary N) is 1. The van der Waals surface area contributed by atoms with Crippen LogP contribution >= 0.6 is 0 Å². The van der Waals surface area contributed by atoms with E-state index in [0.717, 1.165) is 12.8 Å². The Kier molecular flexibility index (Phi) is 5.47. The van der Waals surface area contributed by atoms with Crippen molar-refractivity contribution in [2.24, 2.45) is 11.8 Å². The predicted molar refractivity (Wildman–Crippen MR) is 98.6 cm³/mol. The average Bonchev–Trinajstić information content (AvgIpc) is 3.10. The van der Waals surface area contributed by atoms with E-state index in [0.29, 0.717) is 17.9 Å². The number of nitrogens with zero attached hydrogens (tertiary/aromatic N) is 1. The zero-order valence-electron chi connectivity index (χ0n) is 14.6. The fourth-order valence-electron chi connectivity index (χ4n) is 3.77. The van der Waals surface area contributed by atoms with Crippen molar-refractivity contribution >= 4 is 0 Å². The zero-order chi connectivity index (χ0) is 16.8. The third-order valence-corrected chi connectivity index (χ3v) is 4.76. The smallest absolute Gasteiger partial charge is 0.241 e. The molecule has 0 aliphatic carbocycles. The molecule has 2 aromatic carbocycles. The van der Waals surface area contributed by atoms with E-state index < -0.39 is 0 Å². The van der Waals surface area contributed by atoms with Crippen LogP contribution in [0.5, 0.6) is 0 Å². The number of imidazole rings is 1. The lowest BCUT2D eigenvalue weighted by Gasteiger charge is -2.28. The molecule has 0 fully saturated rings. The van der Waals surface area contributed by atoms with Gasteiger partial charge in [-0.15, -0.1) is 0 Å². The van der Waals surface area contributed by atoms with Crippen molar-refractivity contribution in [3.63, 3.8) is 0 Å². The molecule has 2 heteroatoms. The van der Waals surface area contributed by atoms with E-state index in [2.05, 4.69) is 96.6 Å². The molecule has 0 saturated carbocycles. The van der Waals surface area contributed by atoms with E-state index in [4.69, 9.17) is 0 Å². The molecule has 3 rings (SSSR count). The topological polar surface area (TPSA) is 19.7 Å².